The number of likely N-dealkylation sites (N-methyl/N-ethyl adjacent to an activating group) is 1. The van der Waals surface area contributed by atoms with Crippen LogP contribution in [0.3, 0.4) is 0 Å². The van der Waals surface area contributed by atoms with E-state index in [2.05, 4.69) is 71.9 Å². The number of hydrogen-bond acceptors (Lipinski definition) is 2. The summed E-state index contributed by atoms with van der Waals surface area (Å²) in [4.78, 5) is 14.0. The zero-order valence-corrected chi connectivity index (χ0v) is 15.5. The number of carbonyl (C=O) groups excluding carboxylic acids is 1. The molecule has 0 bridgehead atoms. The molecule has 3 heteroatoms. The average Bonchev–Trinajstić information content (AvgIpc) is 3.09. The highest BCUT2D eigenvalue weighted by Gasteiger charge is 2.31. The summed E-state index contributed by atoms with van der Waals surface area (Å²) in [6, 6.07) is 20.2. The standard InChI is InChI=1S/C23H26N2O/c1-16(26)24-22-12-7-13-23(22)25(2)15-21-19-10-5-3-8-17(19)14-18-9-4-6-11-20(18)21/h3-6,8-11,14,22-23H,7,12-13,15H2,1-2H3,(H,24,26)/t22-,23-/m0/s1. The Labute approximate surface area is 155 Å². The van der Waals surface area contributed by atoms with Gasteiger partial charge < -0.3 is 5.32 Å². The minimum absolute atomic E-state index is 0.0749. The summed E-state index contributed by atoms with van der Waals surface area (Å²) in [5.41, 5.74) is 1.38. The zero-order valence-electron chi connectivity index (χ0n) is 15.5. The van der Waals surface area contributed by atoms with Crippen LogP contribution in [0.15, 0.2) is 54.6 Å². The summed E-state index contributed by atoms with van der Waals surface area (Å²) in [5, 5.41) is 8.39. The number of nitrogens with zero attached hydrogens (tertiary/aromatic N) is 1. The summed E-state index contributed by atoms with van der Waals surface area (Å²) in [6.07, 6.45) is 3.39. The second-order valence-electron chi connectivity index (χ2n) is 7.52. The third-order valence-corrected chi connectivity index (χ3v) is 5.72. The van der Waals surface area contributed by atoms with E-state index in [4.69, 9.17) is 0 Å². The number of benzene rings is 3. The van der Waals surface area contributed by atoms with Gasteiger partial charge in [-0.05, 0) is 59.5 Å². The molecule has 0 heterocycles. The lowest BCUT2D eigenvalue weighted by molar-refractivity contribution is -0.120. The minimum atomic E-state index is 0.0749. The van der Waals surface area contributed by atoms with Gasteiger partial charge in [0.15, 0.2) is 0 Å². The highest BCUT2D eigenvalue weighted by atomic mass is 16.1. The third kappa shape index (κ3) is 3.19. The first kappa shape index (κ1) is 17.0. The summed E-state index contributed by atoms with van der Waals surface area (Å²) in [5.74, 6) is 0.0749. The molecule has 1 saturated carbocycles. The molecule has 3 nitrogen and oxygen atoms in total. The van der Waals surface area contributed by atoms with Gasteiger partial charge in [-0.2, -0.15) is 0 Å². The van der Waals surface area contributed by atoms with Crippen molar-refractivity contribution in [2.24, 2.45) is 0 Å². The van der Waals surface area contributed by atoms with E-state index in [1.807, 2.05) is 0 Å². The van der Waals surface area contributed by atoms with Crippen molar-refractivity contribution in [2.45, 2.75) is 44.8 Å². The van der Waals surface area contributed by atoms with Crippen LogP contribution in [0.4, 0.5) is 0 Å². The van der Waals surface area contributed by atoms with E-state index >= 15 is 0 Å². The van der Waals surface area contributed by atoms with Crippen LogP contribution in [0.5, 0.6) is 0 Å². The average molecular weight is 346 g/mol. The first-order valence-corrected chi connectivity index (χ1v) is 9.50. The van der Waals surface area contributed by atoms with Crippen LogP contribution in [0, 0.1) is 0 Å². The second-order valence-corrected chi connectivity index (χ2v) is 7.52. The monoisotopic (exact) mass is 346 g/mol. The molecule has 1 N–H and O–H groups in total. The van der Waals surface area contributed by atoms with Gasteiger partial charge >= 0.3 is 0 Å². The molecular weight excluding hydrogens is 320 g/mol. The van der Waals surface area contributed by atoms with Gasteiger partial charge in [0.2, 0.25) is 5.91 Å². The molecule has 1 amide bonds. The molecule has 3 aromatic rings. The molecule has 0 radical (unpaired) electrons. The van der Waals surface area contributed by atoms with E-state index in [0.717, 1.165) is 19.4 Å². The van der Waals surface area contributed by atoms with Gasteiger partial charge in [0.25, 0.3) is 0 Å². The molecule has 1 aliphatic rings. The van der Waals surface area contributed by atoms with Gasteiger partial charge in [0, 0.05) is 25.6 Å². The third-order valence-electron chi connectivity index (χ3n) is 5.72. The molecule has 1 fully saturated rings. The van der Waals surface area contributed by atoms with E-state index in [-0.39, 0.29) is 11.9 Å². The van der Waals surface area contributed by atoms with Crippen LogP contribution >= 0.6 is 0 Å². The number of carbonyl (C=O) groups is 1. The Bertz CT molecular complexity index is 895. The fourth-order valence-electron chi connectivity index (χ4n) is 4.54. The van der Waals surface area contributed by atoms with Crippen LogP contribution in [0.1, 0.15) is 31.7 Å². The van der Waals surface area contributed by atoms with Crippen LogP contribution in [0.25, 0.3) is 21.5 Å². The van der Waals surface area contributed by atoms with Crippen molar-refractivity contribution in [1.29, 1.82) is 0 Å². The lowest BCUT2D eigenvalue weighted by Crippen LogP contribution is -2.46. The predicted octanol–water partition coefficient (Wildman–Crippen LogP) is 4.48. The topological polar surface area (TPSA) is 32.3 Å². The van der Waals surface area contributed by atoms with Crippen molar-refractivity contribution >= 4 is 27.5 Å². The molecule has 26 heavy (non-hydrogen) atoms. The number of fused-ring (bicyclic) bond motifs is 2. The predicted molar refractivity (Wildman–Crippen MR) is 108 cm³/mol. The summed E-state index contributed by atoms with van der Waals surface area (Å²) < 4.78 is 0. The Morgan fingerprint density at radius 1 is 1.04 bits per heavy atom. The van der Waals surface area contributed by atoms with E-state index in [1.54, 1.807) is 6.92 Å². The molecule has 0 aliphatic heterocycles. The number of rotatable bonds is 4. The van der Waals surface area contributed by atoms with Crippen molar-refractivity contribution in [1.82, 2.24) is 10.2 Å². The number of amides is 1. The van der Waals surface area contributed by atoms with Crippen LogP contribution in [-0.4, -0.2) is 29.9 Å². The number of hydrogen-bond donors (Lipinski definition) is 1. The maximum atomic E-state index is 11.5. The normalized spacial score (nSPS) is 20.1. The summed E-state index contributed by atoms with van der Waals surface area (Å²) in [6.45, 7) is 2.51. The Balaban J connectivity index is 1.72. The quantitative estimate of drug-likeness (QED) is 0.706. The van der Waals surface area contributed by atoms with Gasteiger partial charge in [0.05, 0.1) is 0 Å². The molecule has 3 aromatic carbocycles. The lowest BCUT2D eigenvalue weighted by Gasteiger charge is -2.30. The van der Waals surface area contributed by atoms with Gasteiger partial charge in [-0.25, -0.2) is 0 Å². The second kappa shape index (κ2) is 7.08. The zero-order chi connectivity index (χ0) is 18.1. The van der Waals surface area contributed by atoms with Crippen molar-refractivity contribution < 1.29 is 4.79 Å². The maximum absolute atomic E-state index is 11.5. The maximum Gasteiger partial charge on any atom is 0.217 e. The van der Waals surface area contributed by atoms with Crippen molar-refractivity contribution in [3.8, 4) is 0 Å². The minimum Gasteiger partial charge on any atom is -0.352 e. The van der Waals surface area contributed by atoms with E-state index in [1.165, 1.54) is 33.5 Å². The first-order valence-electron chi connectivity index (χ1n) is 9.50. The van der Waals surface area contributed by atoms with Crippen LogP contribution in [0.2, 0.25) is 0 Å². The first-order chi connectivity index (χ1) is 12.6. The van der Waals surface area contributed by atoms with Crippen molar-refractivity contribution in [3.63, 3.8) is 0 Å². The molecular formula is C23H26N2O. The van der Waals surface area contributed by atoms with Gasteiger partial charge in [-0.3, -0.25) is 9.69 Å². The molecule has 134 valence electrons. The van der Waals surface area contributed by atoms with Crippen molar-refractivity contribution in [3.05, 3.63) is 60.2 Å². The van der Waals surface area contributed by atoms with Crippen LogP contribution in [-0.2, 0) is 11.3 Å². The van der Waals surface area contributed by atoms with E-state index < -0.39 is 0 Å². The largest absolute Gasteiger partial charge is 0.352 e. The highest BCUT2D eigenvalue weighted by Crippen LogP contribution is 2.31. The number of nitrogens with one attached hydrogen (secondary N) is 1. The van der Waals surface area contributed by atoms with Gasteiger partial charge in [0.1, 0.15) is 0 Å². The lowest BCUT2D eigenvalue weighted by atomic mass is 9.96. The highest BCUT2D eigenvalue weighted by molar-refractivity contribution is 6.02. The molecule has 4 rings (SSSR count). The smallest absolute Gasteiger partial charge is 0.217 e. The van der Waals surface area contributed by atoms with E-state index in [9.17, 15) is 4.79 Å². The molecule has 2 atom stereocenters. The van der Waals surface area contributed by atoms with Crippen LogP contribution < -0.4 is 5.32 Å². The molecule has 0 saturated heterocycles. The van der Waals surface area contributed by atoms with Crippen molar-refractivity contribution in [2.75, 3.05) is 7.05 Å². The summed E-state index contributed by atoms with van der Waals surface area (Å²) >= 11 is 0. The molecule has 0 unspecified atom stereocenters. The Morgan fingerprint density at radius 2 is 1.65 bits per heavy atom. The fraction of sp³-hybridized carbons (Fsp3) is 0.348. The SMILES string of the molecule is CC(=O)N[C@H]1CCC[C@@H]1N(C)Cc1c2ccccc2cc2ccccc12. The van der Waals surface area contributed by atoms with E-state index in [0.29, 0.717) is 6.04 Å². The fourth-order valence-corrected chi connectivity index (χ4v) is 4.54. The Kier molecular flexibility index (Phi) is 4.64. The molecule has 1 aliphatic carbocycles. The Hall–Kier alpha value is -2.39. The Morgan fingerprint density at radius 3 is 2.27 bits per heavy atom. The molecule has 0 aromatic heterocycles. The molecule has 0 spiro atoms. The summed E-state index contributed by atoms with van der Waals surface area (Å²) in [7, 11) is 2.20. The van der Waals surface area contributed by atoms with Gasteiger partial charge in [-0.1, -0.05) is 48.5 Å². The van der Waals surface area contributed by atoms with Gasteiger partial charge in [-0.15, -0.1) is 0 Å².